The molecule has 0 saturated carbocycles. The Labute approximate surface area is 195 Å². The topological polar surface area (TPSA) is 56.4 Å². The lowest BCUT2D eigenvalue weighted by Crippen LogP contribution is -2.19. The first kappa shape index (κ1) is 20.9. The molecule has 0 bridgehead atoms. The molecule has 0 aliphatic heterocycles. The number of hydrogen-bond donors (Lipinski definition) is 0. The molecule has 0 fully saturated rings. The van der Waals surface area contributed by atoms with Gasteiger partial charge in [-0.05, 0) is 24.6 Å². The molecule has 0 saturated heterocycles. The maximum Gasteiger partial charge on any atom is 0.259 e. The number of carbonyl (C=O) groups is 1. The van der Waals surface area contributed by atoms with Crippen LogP contribution in [0.15, 0.2) is 95.9 Å². The second-order valence-corrected chi connectivity index (χ2v) is 8.34. The summed E-state index contributed by atoms with van der Waals surface area (Å²) in [6.07, 6.45) is 1.75. The smallest absolute Gasteiger partial charge is 0.259 e. The van der Waals surface area contributed by atoms with Gasteiger partial charge >= 0.3 is 0 Å². The first-order chi connectivity index (χ1) is 16.0. The Kier molecular flexibility index (Phi) is 5.40. The van der Waals surface area contributed by atoms with Crippen molar-refractivity contribution in [3.63, 3.8) is 0 Å². The summed E-state index contributed by atoms with van der Waals surface area (Å²) in [5, 5.41) is 0.645. The van der Waals surface area contributed by atoms with Crippen LogP contribution in [-0.4, -0.2) is 19.7 Å². The maximum atomic E-state index is 12.7. The molecule has 5 nitrogen and oxygen atoms in total. The summed E-state index contributed by atoms with van der Waals surface area (Å²) in [6.45, 7) is 2.41. The van der Waals surface area contributed by atoms with Gasteiger partial charge in [0.2, 0.25) is 5.78 Å². The van der Waals surface area contributed by atoms with E-state index in [4.69, 9.17) is 16.6 Å². The average Bonchev–Trinajstić information content (AvgIpc) is 3.29. The van der Waals surface area contributed by atoms with Crippen LogP contribution in [0.4, 0.5) is 0 Å². The van der Waals surface area contributed by atoms with Crippen molar-refractivity contribution in [1.82, 2.24) is 14.0 Å². The third-order valence-electron chi connectivity index (χ3n) is 5.66. The molecule has 0 amide bonds. The third-order valence-corrected chi connectivity index (χ3v) is 5.91. The van der Waals surface area contributed by atoms with E-state index in [9.17, 15) is 9.59 Å². The minimum atomic E-state index is -0.129. The van der Waals surface area contributed by atoms with Gasteiger partial charge in [-0.25, -0.2) is 4.98 Å². The molecule has 0 spiro atoms. The summed E-state index contributed by atoms with van der Waals surface area (Å²) in [6, 6.07) is 25.8. The van der Waals surface area contributed by atoms with E-state index in [1.165, 1.54) is 0 Å². The summed E-state index contributed by atoms with van der Waals surface area (Å²) >= 11 is 6.00. The van der Waals surface area contributed by atoms with Crippen molar-refractivity contribution in [2.45, 2.75) is 13.5 Å². The highest BCUT2D eigenvalue weighted by Crippen LogP contribution is 2.22. The van der Waals surface area contributed by atoms with Crippen molar-refractivity contribution in [2.24, 2.45) is 0 Å². The van der Waals surface area contributed by atoms with Crippen molar-refractivity contribution in [3.8, 4) is 11.3 Å². The van der Waals surface area contributed by atoms with E-state index in [0.717, 1.165) is 16.8 Å². The largest absolute Gasteiger partial charge is 0.311 e. The van der Waals surface area contributed by atoms with Crippen molar-refractivity contribution in [3.05, 3.63) is 129 Å². The summed E-state index contributed by atoms with van der Waals surface area (Å²) in [5.41, 5.74) is 4.57. The Hall–Kier alpha value is -3.96. The van der Waals surface area contributed by atoms with Gasteiger partial charge in [-0.1, -0.05) is 78.3 Å². The van der Waals surface area contributed by atoms with Crippen LogP contribution in [0.3, 0.4) is 0 Å². The van der Waals surface area contributed by atoms with Crippen molar-refractivity contribution in [2.75, 3.05) is 0 Å². The number of ketones is 1. The number of nitrogens with zero attached hydrogens (tertiary/aromatic N) is 3. The van der Waals surface area contributed by atoms with Crippen LogP contribution in [0, 0.1) is 6.92 Å². The molecule has 6 heteroatoms. The predicted octanol–water partition coefficient (Wildman–Crippen LogP) is 5.40. The zero-order valence-corrected chi connectivity index (χ0v) is 18.7. The maximum absolute atomic E-state index is 12.7. The van der Waals surface area contributed by atoms with E-state index in [0.29, 0.717) is 34.2 Å². The highest BCUT2D eigenvalue weighted by atomic mass is 35.5. The lowest BCUT2D eigenvalue weighted by Gasteiger charge is -2.12. The van der Waals surface area contributed by atoms with Crippen LogP contribution in [-0.2, 0) is 6.54 Å². The van der Waals surface area contributed by atoms with E-state index in [1.54, 1.807) is 28.8 Å². The first-order valence-electron chi connectivity index (χ1n) is 10.5. The quantitative estimate of drug-likeness (QED) is 0.334. The fraction of sp³-hybridized carbons (Fsp3) is 0.0741. The van der Waals surface area contributed by atoms with E-state index >= 15 is 0 Å². The molecule has 2 heterocycles. The molecule has 0 N–H and O–H groups in total. The number of halogens is 1. The van der Waals surface area contributed by atoms with Crippen LogP contribution < -0.4 is 5.56 Å². The monoisotopic (exact) mass is 453 g/mol. The zero-order valence-electron chi connectivity index (χ0n) is 17.9. The summed E-state index contributed by atoms with van der Waals surface area (Å²) < 4.78 is 3.55. The number of benzene rings is 3. The molecule has 33 heavy (non-hydrogen) atoms. The third kappa shape index (κ3) is 4.11. The fourth-order valence-corrected chi connectivity index (χ4v) is 3.99. The Morgan fingerprint density at radius 3 is 2.27 bits per heavy atom. The number of hydrogen-bond acceptors (Lipinski definition) is 3. The molecule has 0 unspecified atom stereocenters. The van der Waals surface area contributed by atoms with Gasteiger partial charge in [0.1, 0.15) is 0 Å². The van der Waals surface area contributed by atoms with Crippen LogP contribution in [0.25, 0.3) is 17.0 Å². The number of aryl methyl sites for hydroxylation is 1. The number of rotatable bonds is 5. The van der Waals surface area contributed by atoms with Crippen molar-refractivity contribution < 1.29 is 4.79 Å². The van der Waals surface area contributed by atoms with Gasteiger partial charge in [0, 0.05) is 39.7 Å². The molecule has 0 aliphatic carbocycles. The molecule has 0 radical (unpaired) electrons. The minimum Gasteiger partial charge on any atom is -0.311 e. The molecular formula is C27H20ClN3O2. The molecule has 0 aliphatic rings. The molecule has 0 atom stereocenters. The molecule has 5 aromatic rings. The van der Waals surface area contributed by atoms with E-state index in [1.807, 2.05) is 78.2 Å². The Bertz CT molecular complexity index is 1520. The van der Waals surface area contributed by atoms with Gasteiger partial charge in [-0.3, -0.25) is 14.0 Å². The Morgan fingerprint density at radius 1 is 0.909 bits per heavy atom. The highest BCUT2D eigenvalue weighted by Gasteiger charge is 2.13. The molecule has 2 aromatic heterocycles. The lowest BCUT2D eigenvalue weighted by atomic mass is 10.0. The van der Waals surface area contributed by atoms with Gasteiger partial charge < -0.3 is 4.57 Å². The van der Waals surface area contributed by atoms with Gasteiger partial charge in [0.25, 0.3) is 5.56 Å². The number of fused-ring (bicyclic) bond motifs is 1. The van der Waals surface area contributed by atoms with E-state index in [2.05, 4.69) is 0 Å². The van der Waals surface area contributed by atoms with Crippen LogP contribution in [0.2, 0.25) is 5.02 Å². The summed E-state index contributed by atoms with van der Waals surface area (Å²) in [4.78, 5) is 30.0. The molecule has 3 aromatic carbocycles. The minimum absolute atomic E-state index is 0.00931. The van der Waals surface area contributed by atoms with Gasteiger partial charge in [0.15, 0.2) is 5.78 Å². The normalized spacial score (nSPS) is 11.1. The molecule has 162 valence electrons. The van der Waals surface area contributed by atoms with Gasteiger partial charge in [0.05, 0.1) is 12.2 Å². The van der Waals surface area contributed by atoms with Crippen LogP contribution >= 0.6 is 11.6 Å². The van der Waals surface area contributed by atoms with E-state index < -0.39 is 0 Å². The molecule has 5 rings (SSSR count). The first-order valence-corrected chi connectivity index (χ1v) is 10.9. The second kappa shape index (κ2) is 8.52. The highest BCUT2D eigenvalue weighted by molar-refractivity contribution is 6.30. The van der Waals surface area contributed by atoms with Gasteiger partial charge in [-0.2, -0.15) is 0 Å². The number of carbonyl (C=O) groups excluding carboxylic acids is 1. The number of imidazole rings is 1. The summed E-state index contributed by atoms with van der Waals surface area (Å²) in [5.74, 6) is 0.555. The average molecular weight is 454 g/mol. The van der Waals surface area contributed by atoms with Crippen LogP contribution in [0.1, 0.15) is 27.2 Å². The van der Waals surface area contributed by atoms with Crippen molar-refractivity contribution >= 4 is 23.2 Å². The van der Waals surface area contributed by atoms with Gasteiger partial charge in [-0.15, -0.1) is 0 Å². The van der Waals surface area contributed by atoms with Crippen LogP contribution in [0.5, 0.6) is 0 Å². The number of aromatic nitrogens is 3. The Balaban J connectivity index is 1.49. The SMILES string of the molecule is Cc1cc(=O)n2cc(-c3ccc(Cl)cc3)nc2n1Cc1ccc(C(=O)c2ccccc2)cc1. The lowest BCUT2D eigenvalue weighted by molar-refractivity contribution is 0.103. The standard InChI is InChI=1S/C27H20ClN3O2/c1-18-15-25(32)31-17-24(20-11-13-23(28)14-12-20)29-27(31)30(18)16-19-7-9-22(10-8-19)26(33)21-5-3-2-4-6-21/h2-15,17H,16H2,1H3. The second-order valence-electron chi connectivity index (χ2n) is 7.91. The van der Waals surface area contributed by atoms with Crippen molar-refractivity contribution in [1.29, 1.82) is 0 Å². The summed E-state index contributed by atoms with van der Waals surface area (Å²) in [7, 11) is 0. The molecular weight excluding hydrogens is 434 g/mol. The Morgan fingerprint density at radius 2 is 1.58 bits per heavy atom. The predicted molar refractivity (Wildman–Crippen MR) is 130 cm³/mol. The zero-order chi connectivity index (χ0) is 22.9. The van der Waals surface area contributed by atoms with E-state index in [-0.39, 0.29) is 11.3 Å². The fourth-order valence-electron chi connectivity index (χ4n) is 3.86.